The highest BCUT2D eigenvalue weighted by molar-refractivity contribution is 6.80. The Morgan fingerprint density at radius 2 is 1.80 bits per heavy atom. The average molecular weight is 220 g/mol. The van der Waals surface area contributed by atoms with Crippen LogP contribution in [0, 0.1) is 0 Å². The van der Waals surface area contributed by atoms with Gasteiger partial charge >= 0.3 is 0 Å². The van der Waals surface area contributed by atoms with Crippen LogP contribution in [0.5, 0.6) is 0 Å². The van der Waals surface area contributed by atoms with Crippen LogP contribution in [-0.4, -0.2) is 13.2 Å². The Morgan fingerprint density at radius 1 is 1.20 bits per heavy atom. The highest BCUT2D eigenvalue weighted by Gasteiger charge is 2.08. The lowest BCUT2D eigenvalue weighted by atomic mass is 10.1. The number of rotatable bonds is 4. The van der Waals surface area contributed by atoms with Crippen LogP contribution in [0.4, 0.5) is 0 Å². The number of aliphatic hydroxyl groups excluding tert-OH is 1. The van der Waals surface area contributed by atoms with Crippen LogP contribution in [-0.2, 0) is 0 Å². The second-order valence-corrected chi connectivity index (χ2v) is 10.00. The van der Waals surface area contributed by atoms with Crippen molar-refractivity contribution in [3.8, 4) is 0 Å². The highest BCUT2D eigenvalue weighted by atomic mass is 28.3. The summed E-state index contributed by atoms with van der Waals surface area (Å²) in [7, 11) is -1.12. The number of aliphatic hydroxyl groups is 1. The number of hydrogen-bond donors (Lipinski definition) is 1. The fourth-order valence-electron chi connectivity index (χ4n) is 1.36. The first kappa shape index (κ1) is 12.2. The minimum Gasteiger partial charge on any atom is -0.388 e. The van der Waals surface area contributed by atoms with E-state index in [1.165, 1.54) is 0 Å². The predicted molar refractivity (Wildman–Crippen MR) is 68.5 cm³/mol. The van der Waals surface area contributed by atoms with Crippen molar-refractivity contribution < 1.29 is 5.11 Å². The fourth-order valence-corrected chi connectivity index (χ4v) is 2.20. The molecule has 1 aromatic rings. The maximum absolute atomic E-state index is 9.88. The summed E-state index contributed by atoms with van der Waals surface area (Å²) in [4.78, 5) is 0. The van der Waals surface area contributed by atoms with Gasteiger partial charge in [-0.15, -0.1) is 0 Å². The van der Waals surface area contributed by atoms with Gasteiger partial charge in [0.1, 0.15) is 0 Å². The summed E-state index contributed by atoms with van der Waals surface area (Å²) in [6.07, 6.45) is 2.47. The van der Waals surface area contributed by atoms with Crippen LogP contribution in [0.25, 0.3) is 0 Å². The minimum atomic E-state index is -1.12. The molecule has 0 heterocycles. The van der Waals surface area contributed by atoms with E-state index < -0.39 is 8.07 Å². The Kier molecular flexibility index (Phi) is 4.30. The summed E-state index contributed by atoms with van der Waals surface area (Å²) >= 11 is 0. The first-order valence-electron chi connectivity index (χ1n) is 5.40. The van der Waals surface area contributed by atoms with Crippen LogP contribution >= 0.6 is 0 Å². The number of hydrogen-bond acceptors (Lipinski definition) is 1. The van der Waals surface area contributed by atoms with Crippen molar-refractivity contribution in [1.29, 1.82) is 0 Å². The molecule has 1 rings (SSSR count). The Hall–Kier alpha value is -0.863. The molecule has 0 saturated heterocycles. The van der Waals surface area contributed by atoms with Crippen molar-refractivity contribution in [3.63, 3.8) is 0 Å². The van der Waals surface area contributed by atoms with Crippen molar-refractivity contribution in [2.24, 2.45) is 0 Å². The lowest BCUT2D eigenvalue weighted by Gasteiger charge is -2.11. The first-order valence-corrected chi connectivity index (χ1v) is 8.97. The SMILES string of the molecule is C[Si](C)(C)/C=C/CC(O)c1ccccc1. The van der Waals surface area contributed by atoms with Crippen LogP contribution < -0.4 is 0 Å². The molecule has 0 spiro atoms. The maximum Gasteiger partial charge on any atom is 0.0824 e. The van der Waals surface area contributed by atoms with Gasteiger partial charge in [0.05, 0.1) is 14.2 Å². The molecule has 0 aromatic heterocycles. The van der Waals surface area contributed by atoms with Gasteiger partial charge in [0, 0.05) is 0 Å². The third kappa shape index (κ3) is 4.95. The molecule has 0 radical (unpaired) electrons. The van der Waals surface area contributed by atoms with E-state index in [9.17, 15) is 5.11 Å². The third-order valence-corrected chi connectivity index (χ3v) is 3.40. The zero-order chi connectivity index (χ0) is 11.3. The summed E-state index contributed by atoms with van der Waals surface area (Å²) in [5.74, 6) is 0. The molecule has 1 unspecified atom stereocenters. The largest absolute Gasteiger partial charge is 0.388 e. The zero-order valence-electron chi connectivity index (χ0n) is 9.77. The van der Waals surface area contributed by atoms with E-state index in [2.05, 4.69) is 31.4 Å². The maximum atomic E-state index is 9.88. The molecule has 0 aliphatic rings. The number of benzene rings is 1. The molecule has 82 valence electrons. The summed E-state index contributed by atoms with van der Waals surface area (Å²) in [5, 5.41) is 9.88. The molecule has 0 aliphatic carbocycles. The second-order valence-electron chi connectivity index (χ2n) is 4.93. The normalized spacial score (nSPS) is 14.4. The third-order valence-electron chi connectivity index (χ3n) is 2.16. The van der Waals surface area contributed by atoms with Gasteiger partial charge in [0.25, 0.3) is 0 Å². The molecule has 0 amide bonds. The molecule has 0 fully saturated rings. The van der Waals surface area contributed by atoms with Crippen molar-refractivity contribution in [3.05, 3.63) is 47.7 Å². The van der Waals surface area contributed by atoms with Crippen LogP contribution in [0.1, 0.15) is 18.1 Å². The highest BCUT2D eigenvalue weighted by Crippen LogP contribution is 2.16. The predicted octanol–water partition coefficient (Wildman–Crippen LogP) is 3.54. The lowest BCUT2D eigenvalue weighted by molar-refractivity contribution is 0.181. The molecule has 1 nitrogen and oxygen atoms in total. The smallest absolute Gasteiger partial charge is 0.0824 e. The summed E-state index contributed by atoms with van der Waals surface area (Å²) in [6, 6.07) is 9.82. The lowest BCUT2D eigenvalue weighted by Crippen LogP contribution is -2.15. The Balaban J connectivity index is 2.51. The van der Waals surface area contributed by atoms with Crippen molar-refractivity contribution in [1.82, 2.24) is 0 Å². The van der Waals surface area contributed by atoms with Crippen LogP contribution in [0.15, 0.2) is 42.1 Å². The summed E-state index contributed by atoms with van der Waals surface area (Å²) in [5.41, 5.74) is 3.27. The molecular weight excluding hydrogens is 200 g/mol. The monoisotopic (exact) mass is 220 g/mol. The van der Waals surface area contributed by atoms with Gasteiger partial charge in [-0.1, -0.05) is 61.7 Å². The molecular formula is C13H20OSi. The molecule has 1 N–H and O–H groups in total. The summed E-state index contributed by atoms with van der Waals surface area (Å²) in [6.45, 7) is 6.87. The zero-order valence-corrected chi connectivity index (χ0v) is 10.8. The van der Waals surface area contributed by atoms with Gasteiger partial charge in [-0.3, -0.25) is 0 Å². The molecule has 0 aliphatic heterocycles. The Bertz CT molecular complexity index is 311. The van der Waals surface area contributed by atoms with E-state index in [0.717, 1.165) is 5.56 Å². The summed E-state index contributed by atoms with van der Waals surface area (Å²) < 4.78 is 0. The van der Waals surface area contributed by atoms with Crippen molar-refractivity contribution in [2.45, 2.75) is 32.2 Å². The van der Waals surface area contributed by atoms with Gasteiger partial charge in [-0.25, -0.2) is 0 Å². The fraction of sp³-hybridized carbons (Fsp3) is 0.385. The molecule has 1 atom stereocenters. The standard InChI is InChI=1S/C13H20OSi/c1-15(2,3)11-7-10-13(14)12-8-5-4-6-9-12/h4-9,11,13-14H,10H2,1-3H3/b11-7+. The molecule has 0 saturated carbocycles. The van der Waals surface area contributed by atoms with E-state index in [-0.39, 0.29) is 6.10 Å². The van der Waals surface area contributed by atoms with Crippen LogP contribution in [0.2, 0.25) is 19.6 Å². The Labute approximate surface area is 93.5 Å². The molecule has 2 heteroatoms. The van der Waals surface area contributed by atoms with Crippen LogP contribution in [0.3, 0.4) is 0 Å². The second kappa shape index (κ2) is 5.28. The Morgan fingerprint density at radius 3 is 2.33 bits per heavy atom. The van der Waals surface area contributed by atoms with Gasteiger partial charge in [0.2, 0.25) is 0 Å². The van der Waals surface area contributed by atoms with E-state index in [1.54, 1.807) is 0 Å². The topological polar surface area (TPSA) is 20.2 Å². The molecule has 1 aromatic carbocycles. The van der Waals surface area contributed by atoms with Gasteiger partial charge in [0.15, 0.2) is 0 Å². The quantitative estimate of drug-likeness (QED) is 0.769. The minimum absolute atomic E-state index is 0.362. The van der Waals surface area contributed by atoms with Gasteiger partial charge in [-0.05, 0) is 12.0 Å². The van der Waals surface area contributed by atoms with Crippen molar-refractivity contribution >= 4 is 8.07 Å². The van der Waals surface area contributed by atoms with Crippen molar-refractivity contribution in [2.75, 3.05) is 0 Å². The first-order chi connectivity index (χ1) is 6.99. The van der Waals surface area contributed by atoms with Gasteiger partial charge in [-0.2, -0.15) is 0 Å². The molecule has 0 bridgehead atoms. The van der Waals surface area contributed by atoms with E-state index in [1.807, 2.05) is 30.3 Å². The van der Waals surface area contributed by atoms with E-state index in [0.29, 0.717) is 6.42 Å². The van der Waals surface area contributed by atoms with E-state index in [4.69, 9.17) is 0 Å². The van der Waals surface area contributed by atoms with Gasteiger partial charge < -0.3 is 5.11 Å². The van der Waals surface area contributed by atoms with E-state index >= 15 is 0 Å². The molecule has 15 heavy (non-hydrogen) atoms. The average Bonchev–Trinajstić information content (AvgIpc) is 2.17.